The van der Waals surface area contributed by atoms with Crippen LogP contribution in [-0.2, 0) is 13.0 Å². The molecule has 0 spiro atoms. The van der Waals surface area contributed by atoms with Gasteiger partial charge in [0.05, 0.1) is 12.2 Å². The van der Waals surface area contributed by atoms with Gasteiger partial charge in [-0.2, -0.15) is 0 Å². The van der Waals surface area contributed by atoms with Crippen molar-refractivity contribution < 1.29 is 0 Å². The molecule has 0 atom stereocenters. The average Bonchev–Trinajstić information content (AvgIpc) is 2.91. The fraction of sp³-hybridized carbons (Fsp3) is 0.455. The van der Waals surface area contributed by atoms with Crippen molar-refractivity contribution in [1.82, 2.24) is 15.0 Å². The lowest BCUT2D eigenvalue weighted by Crippen LogP contribution is -1.99. The molecule has 2 aromatic heterocycles. The smallest absolute Gasteiger partial charge is 0.0827 e. The van der Waals surface area contributed by atoms with Gasteiger partial charge in [0.15, 0.2) is 0 Å². The van der Waals surface area contributed by atoms with E-state index in [2.05, 4.69) is 27.8 Å². The van der Waals surface area contributed by atoms with Crippen LogP contribution < -0.4 is 5.73 Å². The number of nitrogens with two attached hydrogens (primary N) is 1. The molecular weight excluding hydrogens is 220 g/mol. The molecule has 2 N–H and O–H groups in total. The molecule has 5 heteroatoms. The minimum atomic E-state index is 0.753. The maximum absolute atomic E-state index is 5.45. The molecule has 0 fully saturated rings. The zero-order valence-electron chi connectivity index (χ0n) is 9.17. The summed E-state index contributed by atoms with van der Waals surface area (Å²) in [4.78, 5) is 1.30. The van der Waals surface area contributed by atoms with E-state index in [0.717, 1.165) is 38.0 Å². The molecule has 0 aromatic carbocycles. The standard InChI is InChI=1S/C11H16N4S/c12-6-2-1-4-10-8-15(14-13-10)9-11-5-3-7-16-11/h3,5,7-8H,1-2,4,6,9,12H2. The lowest BCUT2D eigenvalue weighted by atomic mass is 10.2. The summed E-state index contributed by atoms with van der Waals surface area (Å²) in [6.07, 6.45) is 5.14. The highest BCUT2D eigenvalue weighted by Gasteiger charge is 2.01. The molecular formula is C11H16N4S. The number of thiophene rings is 1. The van der Waals surface area contributed by atoms with Gasteiger partial charge in [-0.1, -0.05) is 11.3 Å². The minimum Gasteiger partial charge on any atom is -0.330 e. The quantitative estimate of drug-likeness (QED) is 0.776. The molecule has 0 saturated heterocycles. The van der Waals surface area contributed by atoms with Crippen molar-refractivity contribution in [2.45, 2.75) is 25.8 Å². The number of unbranched alkanes of at least 4 members (excludes halogenated alkanes) is 1. The number of aryl methyl sites for hydroxylation is 1. The Morgan fingerprint density at radius 3 is 3.06 bits per heavy atom. The summed E-state index contributed by atoms with van der Waals surface area (Å²) in [5.74, 6) is 0. The Hall–Kier alpha value is -1.20. The Bertz CT molecular complexity index is 407. The van der Waals surface area contributed by atoms with Crippen molar-refractivity contribution in [3.8, 4) is 0 Å². The van der Waals surface area contributed by atoms with Crippen LogP contribution in [0.4, 0.5) is 0 Å². The molecule has 0 amide bonds. The van der Waals surface area contributed by atoms with Gasteiger partial charge < -0.3 is 5.73 Å². The van der Waals surface area contributed by atoms with Crippen molar-refractivity contribution in [2.24, 2.45) is 5.73 Å². The molecule has 2 rings (SSSR count). The maximum Gasteiger partial charge on any atom is 0.0827 e. The second-order valence-corrected chi connectivity index (χ2v) is 4.76. The van der Waals surface area contributed by atoms with Crippen LogP contribution in [0.15, 0.2) is 23.7 Å². The number of aromatic nitrogens is 3. The first-order valence-corrected chi connectivity index (χ1v) is 6.38. The van der Waals surface area contributed by atoms with Crippen LogP contribution >= 0.6 is 11.3 Å². The summed E-state index contributed by atoms with van der Waals surface area (Å²) < 4.78 is 1.89. The Labute approximate surface area is 99.1 Å². The molecule has 0 unspecified atom stereocenters. The van der Waals surface area contributed by atoms with Gasteiger partial charge in [-0.25, -0.2) is 4.68 Å². The summed E-state index contributed by atoms with van der Waals surface area (Å²) >= 11 is 1.74. The van der Waals surface area contributed by atoms with Crippen molar-refractivity contribution in [1.29, 1.82) is 0 Å². The zero-order valence-corrected chi connectivity index (χ0v) is 9.99. The Morgan fingerprint density at radius 2 is 2.31 bits per heavy atom. The van der Waals surface area contributed by atoms with Crippen LogP contribution in [0.25, 0.3) is 0 Å². The van der Waals surface area contributed by atoms with Crippen molar-refractivity contribution in [3.05, 3.63) is 34.3 Å². The van der Waals surface area contributed by atoms with E-state index in [0.29, 0.717) is 0 Å². The van der Waals surface area contributed by atoms with Crippen molar-refractivity contribution >= 4 is 11.3 Å². The number of hydrogen-bond donors (Lipinski definition) is 1. The largest absolute Gasteiger partial charge is 0.330 e. The van der Waals surface area contributed by atoms with Crippen LogP contribution in [0, 0.1) is 0 Å². The van der Waals surface area contributed by atoms with Gasteiger partial charge in [0, 0.05) is 11.1 Å². The molecule has 2 aromatic rings. The Morgan fingerprint density at radius 1 is 1.38 bits per heavy atom. The summed E-state index contributed by atoms with van der Waals surface area (Å²) in [6.45, 7) is 1.57. The fourth-order valence-corrected chi connectivity index (χ4v) is 2.24. The number of nitrogens with zero attached hydrogens (tertiary/aromatic N) is 3. The summed E-state index contributed by atoms with van der Waals surface area (Å²) in [7, 11) is 0. The van der Waals surface area contributed by atoms with Crippen molar-refractivity contribution in [3.63, 3.8) is 0 Å². The van der Waals surface area contributed by atoms with E-state index < -0.39 is 0 Å². The normalized spacial score (nSPS) is 10.8. The van der Waals surface area contributed by atoms with E-state index in [1.54, 1.807) is 11.3 Å². The predicted octanol–water partition coefficient (Wildman–Crippen LogP) is 1.67. The molecule has 0 aliphatic rings. The third-order valence-corrected chi connectivity index (χ3v) is 3.23. The van der Waals surface area contributed by atoms with E-state index in [9.17, 15) is 0 Å². The lowest BCUT2D eigenvalue weighted by molar-refractivity contribution is 0.654. The summed E-state index contributed by atoms with van der Waals surface area (Å²) in [5, 5.41) is 10.3. The minimum absolute atomic E-state index is 0.753. The van der Waals surface area contributed by atoms with Crippen LogP contribution in [0.5, 0.6) is 0 Å². The third kappa shape index (κ3) is 3.15. The van der Waals surface area contributed by atoms with Crippen molar-refractivity contribution in [2.75, 3.05) is 6.54 Å². The topological polar surface area (TPSA) is 56.7 Å². The van der Waals surface area contributed by atoms with Crippen LogP contribution in [0.2, 0.25) is 0 Å². The monoisotopic (exact) mass is 236 g/mol. The van der Waals surface area contributed by atoms with Crippen LogP contribution in [-0.4, -0.2) is 21.5 Å². The SMILES string of the molecule is NCCCCc1cn(Cc2cccs2)nn1. The highest BCUT2D eigenvalue weighted by atomic mass is 32.1. The van der Waals surface area contributed by atoms with Gasteiger partial charge in [-0.05, 0) is 37.3 Å². The number of rotatable bonds is 6. The summed E-state index contributed by atoms with van der Waals surface area (Å²) in [6, 6.07) is 4.17. The van der Waals surface area contributed by atoms with Gasteiger partial charge in [0.2, 0.25) is 0 Å². The average molecular weight is 236 g/mol. The Kier molecular flexibility index (Phi) is 4.07. The second-order valence-electron chi connectivity index (χ2n) is 3.73. The van der Waals surface area contributed by atoms with E-state index in [1.165, 1.54) is 4.88 Å². The fourth-order valence-electron chi connectivity index (χ4n) is 1.54. The first-order valence-electron chi connectivity index (χ1n) is 5.50. The number of hydrogen-bond acceptors (Lipinski definition) is 4. The predicted molar refractivity (Wildman–Crippen MR) is 65.4 cm³/mol. The molecule has 0 aliphatic heterocycles. The molecule has 0 aliphatic carbocycles. The zero-order chi connectivity index (χ0) is 11.2. The van der Waals surface area contributed by atoms with Crippen LogP contribution in [0.3, 0.4) is 0 Å². The van der Waals surface area contributed by atoms with Gasteiger partial charge in [-0.3, -0.25) is 0 Å². The van der Waals surface area contributed by atoms with Gasteiger partial charge >= 0.3 is 0 Å². The molecule has 2 heterocycles. The molecule has 0 bridgehead atoms. The van der Waals surface area contributed by atoms with Gasteiger partial charge in [0.25, 0.3) is 0 Å². The highest BCUT2D eigenvalue weighted by molar-refractivity contribution is 7.09. The van der Waals surface area contributed by atoms with E-state index in [4.69, 9.17) is 5.73 Å². The van der Waals surface area contributed by atoms with Crippen LogP contribution in [0.1, 0.15) is 23.4 Å². The molecule has 0 radical (unpaired) electrons. The van der Waals surface area contributed by atoms with E-state index in [1.807, 2.05) is 10.9 Å². The molecule has 86 valence electrons. The Balaban J connectivity index is 1.87. The summed E-state index contributed by atoms with van der Waals surface area (Å²) in [5.41, 5.74) is 6.51. The highest BCUT2D eigenvalue weighted by Crippen LogP contribution is 2.10. The van der Waals surface area contributed by atoms with E-state index >= 15 is 0 Å². The molecule has 0 saturated carbocycles. The van der Waals surface area contributed by atoms with Gasteiger partial charge in [-0.15, -0.1) is 16.4 Å². The third-order valence-electron chi connectivity index (χ3n) is 2.37. The molecule has 4 nitrogen and oxygen atoms in total. The van der Waals surface area contributed by atoms with E-state index in [-0.39, 0.29) is 0 Å². The van der Waals surface area contributed by atoms with Gasteiger partial charge in [0.1, 0.15) is 0 Å². The second kappa shape index (κ2) is 5.77. The maximum atomic E-state index is 5.45. The first kappa shape index (κ1) is 11.3. The first-order chi connectivity index (χ1) is 7.88. The molecule has 16 heavy (non-hydrogen) atoms. The lowest BCUT2D eigenvalue weighted by Gasteiger charge is -1.95.